The molecule has 19 heavy (non-hydrogen) atoms. The molecule has 1 aliphatic rings. The number of pyridine rings is 1. The smallest absolute Gasteiger partial charge is 0.0481 e. The molecule has 1 fully saturated rings. The fourth-order valence-corrected chi connectivity index (χ4v) is 7.04. The molecule has 1 aromatic rings. The first-order valence-corrected chi connectivity index (χ1v) is 9.98. The number of nitrogens with zero attached hydrogens (tertiary/aromatic N) is 2. The monoisotopic (exact) mass is 296 g/mol. The fraction of sp³-hybridized carbons (Fsp3) is 0.667. The quantitative estimate of drug-likeness (QED) is 0.773. The molecule has 1 saturated heterocycles. The SMILES string of the molecule is CC(C)(C)[P@@](=S)(c1ccncc1)N1CCCCCC1. The van der Waals surface area contributed by atoms with Gasteiger partial charge in [-0.2, -0.15) is 0 Å². The van der Waals surface area contributed by atoms with E-state index in [4.69, 9.17) is 11.8 Å². The minimum atomic E-state index is -1.73. The van der Waals surface area contributed by atoms with Gasteiger partial charge in [0.05, 0.1) is 0 Å². The molecule has 2 heterocycles. The summed E-state index contributed by atoms with van der Waals surface area (Å²) in [6.45, 7) is 9.24. The van der Waals surface area contributed by atoms with Gasteiger partial charge in [0.15, 0.2) is 0 Å². The maximum absolute atomic E-state index is 6.30. The molecule has 0 N–H and O–H groups in total. The minimum Gasteiger partial charge on any atom is -0.271 e. The van der Waals surface area contributed by atoms with Gasteiger partial charge in [-0.25, -0.2) is 0 Å². The topological polar surface area (TPSA) is 16.1 Å². The van der Waals surface area contributed by atoms with Gasteiger partial charge in [0.2, 0.25) is 0 Å². The van der Waals surface area contributed by atoms with Crippen LogP contribution in [-0.4, -0.2) is 27.9 Å². The molecule has 0 bridgehead atoms. The zero-order chi connectivity index (χ0) is 13.9. The molecule has 0 amide bonds. The Morgan fingerprint density at radius 2 is 1.58 bits per heavy atom. The molecule has 1 atom stereocenters. The normalized spacial score (nSPS) is 21.6. The number of rotatable bonds is 2. The Morgan fingerprint density at radius 3 is 2.05 bits per heavy atom. The summed E-state index contributed by atoms with van der Waals surface area (Å²) in [5.41, 5.74) is 0. The molecule has 106 valence electrons. The third kappa shape index (κ3) is 3.09. The Morgan fingerprint density at radius 1 is 1.05 bits per heavy atom. The molecular formula is C15H25N2PS. The van der Waals surface area contributed by atoms with Crippen molar-refractivity contribution < 1.29 is 0 Å². The lowest BCUT2D eigenvalue weighted by Crippen LogP contribution is -2.36. The van der Waals surface area contributed by atoms with E-state index in [-0.39, 0.29) is 5.16 Å². The third-order valence-electron chi connectivity index (χ3n) is 3.90. The molecule has 1 aromatic heterocycles. The zero-order valence-corrected chi connectivity index (χ0v) is 14.0. The number of hydrogen-bond donors (Lipinski definition) is 0. The number of hydrogen-bond acceptors (Lipinski definition) is 2. The molecule has 2 nitrogen and oxygen atoms in total. The van der Waals surface area contributed by atoms with Crippen molar-refractivity contribution in [2.24, 2.45) is 0 Å². The Hall–Kier alpha value is -0.240. The largest absolute Gasteiger partial charge is 0.271 e. The van der Waals surface area contributed by atoms with Crippen LogP contribution in [0.15, 0.2) is 24.5 Å². The maximum Gasteiger partial charge on any atom is 0.0481 e. The fourth-order valence-electron chi connectivity index (χ4n) is 2.86. The highest BCUT2D eigenvalue weighted by molar-refractivity contribution is 8.17. The van der Waals surface area contributed by atoms with Gasteiger partial charge < -0.3 is 0 Å². The van der Waals surface area contributed by atoms with E-state index in [1.165, 1.54) is 31.0 Å². The standard InChI is InChI=1S/C15H25N2PS/c1-15(2,3)18(19,14-8-10-16-11-9-14)17-12-6-4-5-7-13-17/h8-11H,4-7,12-13H2,1-3H3/t18-/m0/s1. The summed E-state index contributed by atoms with van der Waals surface area (Å²) in [7, 11) is 0. The molecule has 0 radical (unpaired) electrons. The molecular weight excluding hydrogens is 271 g/mol. The van der Waals surface area contributed by atoms with Crippen LogP contribution in [0.4, 0.5) is 0 Å². The average molecular weight is 296 g/mol. The van der Waals surface area contributed by atoms with E-state index >= 15 is 0 Å². The van der Waals surface area contributed by atoms with Gasteiger partial charge in [-0.3, -0.25) is 9.65 Å². The second-order valence-corrected chi connectivity index (χ2v) is 11.5. The van der Waals surface area contributed by atoms with Crippen LogP contribution in [0.1, 0.15) is 46.5 Å². The van der Waals surface area contributed by atoms with Gasteiger partial charge in [0.1, 0.15) is 0 Å². The van der Waals surface area contributed by atoms with Gasteiger partial charge in [-0.15, -0.1) is 0 Å². The van der Waals surface area contributed by atoms with E-state index in [2.05, 4.69) is 42.6 Å². The second kappa shape index (κ2) is 6.03. The van der Waals surface area contributed by atoms with Crippen molar-refractivity contribution >= 4 is 23.3 Å². The van der Waals surface area contributed by atoms with Crippen molar-refractivity contribution in [2.45, 2.75) is 51.6 Å². The first kappa shape index (κ1) is 15.2. The summed E-state index contributed by atoms with van der Waals surface area (Å²) < 4.78 is 2.63. The van der Waals surface area contributed by atoms with E-state index in [0.717, 1.165) is 13.1 Å². The van der Waals surface area contributed by atoms with Crippen molar-refractivity contribution in [3.05, 3.63) is 24.5 Å². The van der Waals surface area contributed by atoms with Gasteiger partial charge in [-0.1, -0.05) is 45.4 Å². The molecule has 0 saturated carbocycles. The average Bonchev–Trinajstić information content (AvgIpc) is 2.66. The maximum atomic E-state index is 6.30. The van der Waals surface area contributed by atoms with Crippen molar-refractivity contribution in [1.29, 1.82) is 0 Å². The summed E-state index contributed by atoms with van der Waals surface area (Å²) in [4.78, 5) is 4.16. The van der Waals surface area contributed by atoms with Crippen LogP contribution in [0.2, 0.25) is 0 Å². The van der Waals surface area contributed by atoms with Crippen molar-refractivity contribution in [3.8, 4) is 0 Å². The van der Waals surface area contributed by atoms with E-state index < -0.39 is 6.19 Å². The summed E-state index contributed by atoms with van der Waals surface area (Å²) in [5.74, 6) is 0. The summed E-state index contributed by atoms with van der Waals surface area (Å²) >= 11 is 6.30. The molecule has 0 aliphatic carbocycles. The highest BCUT2D eigenvalue weighted by Gasteiger charge is 2.38. The van der Waals surface area contributed by atoms with Crippen molar-refractivity contribution in [3.63, 3.8) is 0 Å². The van der Waals surface area contributed by atoms with Gasteiger partial charge in [-0.05, 0) is 25.0 Å². The minimum absolute atomic E-state index is 0.133. The van der Waals surface area contributed by atoms with Crippen molar-refractivity contribution in [1.82, 2.24) is 9.65 Å². The molecule has 0 spiro atoms. The lowest BCUT2D eigenvalue weighted by Gasteiger charge is -2.44. The van der Waals surface area contributed by atoms with Crippen LogP contribution in [0, 0.1) is 0 Å². The summed E-state index contributed by atoms with van der Waals surface area (Å²) in [6.07, 6.45) is 7.34. The van der Waals surface area contributed by atoms with E-state index in [1.54, 1.807) is 0 Å². The van der Waals surface area contributed by atoms with Gasteiger partial charge in [0.25, 0.3) is 0 Å². The molecule has 0 aromatic carbocycles. The van der Waals surface area contributed by atoms with Crippen LogP contribution in [0.25, 0.3) is 0 Å². The molecule has 1 aliphatic heterocycles. The Kier molecular flexibility index (Phi) is 4.81. The van der Waals surface area contributed by atoms with Crippen molar-refractivity contribution in [2.75, 3.05) is 13.1 Å². The Labute approximate surface area is 122 Å². The van der Waals surface area contributed by atoms with Crippen LogP contribution in [0.5, 0.6) is 0 Å². The zero-order valence-electron chi connectivity index (χ0n) is 12.3. The van der Waals surface area contributed by atoms with Crippen LogP contribution in [-0.2, 0) is 11.8 Å². The van der Waals surface area contributed by atoms with E-state index in [0.29, 0.717) is 0 Å². The van der Waals surface area contributed by atoms with Gasteiger partial charge in [0, 0.05) is 42.1 Å². The molecule has 2 rings (SSSR count). The first-order chi connectivity index (χ1) is 8.96. The van der Waals surface area contributed by atoms with Crippen LogP contribution in [0.3, 0.4) is 0 Å². The van der Waals surface area contributed by atoms with Crippen LogP contribution < -0.4 is 5.30 Å². The van der Waals surface area contributed by atoms with Crippen LogP contribution >= 0.6 is 6.19 Å². The molecule has 0 unspecified atom stereocenters. The lowest BCUT2D eigenvalue weighted by molar-refractivity contribution is 0.462. The summed E-state index contributed by atoms with van der Waals surface area (Å²) in [6, 6.07) is 4.27. The predicted octanol–water partition coefficient (Wildman–Crippen LogP) is 3.78. The third-order valence-corrected chi connectivity index (χ3v) is 10.9. The van der Waals surface area contributed by atoms with Gasteiger partial charge >= 0.3 is 0 Å². The van der Waals surface area contributed by atoms with E-state index in [1.807, 2.05) is 12.4 Å². The Bertz CT molecular complexity index is 445. The highest BCUT2D eigenvalue weighted by Crippen LogP contribution is 2.60. The Balaban J connectivity index is 2.43. The number of aromatic nitrogens is 1. The lowest BCUT2D eigenvalue weighted by atomic mass is 10.2. The second-order valence-electron chi connectivity index (χ2n) is 6.32. The van der Waals surface area contributed by atoms with E-state index in [9.17, 15) is 0 Å². The summed E-state index contributed by atoms with van der Waals surface area (Å²) in [5, 5.41) is 1.46. The molecule has 4 heteroatoms. The predicted molar refractivity (Wildman–Crippen MR) is 88.0 cm³/mol. The first-order valence-electron chi connectivity index (χ1n) is 7.22. The highest BCUT2D eigenvalue weighted by atomic mass is 32.4.